The predicted molar refractivity (Wildman–Crippen MR) is 125 cm³/mol. The van der Waals surface area contributed by atoms with Gasteiger partial charge in [0.2, 0.25) is 0 Å². The molecule has 7 nitrogen and oxygen atoms in total. The number of halogens is 1. The molecular formula is C25H31FN4O3. The van der Waals surface area contributed by atoms with Crippen LogP contribution in [0.5, 0.6) is 0 Å². The molecule has 176 valence electrons. The number of aryl methyl sites for hydroxylation is 3. The van der Waals surface area contributed by atoms with E-state index in [9.17, 15) is 14.7 Å². The van der Waals surface area contributed by atoms with Crippen LogP contribution in [0.2, 0.25) is 0 Å². The summed E-state index contributed by atoms with van der Waals surface area (Å²) in [4.78, 5) is 34.8. The maximum Gasteiger partial charge on any atom is 0.256 e. The number of benzene rings is 1. The molecule has 1 amide bonds. The largest absolute Gasteiger partial charge is 0.394 e. The number of aromatic nitrogens is 1. The van der Waals surface area contributed by atoms with Crippen LogP contribution in [0.3, 0.4) is 0 Å². The van der Waals surface area contributed by atoms with E-state index in [0.29, 0.717) is 44.7 Å². The maximum absolute atomic E-state index is 15.0. The van der Waals surface area contributed by atoms with E-state index in [1.54, 1.807) is 15.9 Å². The molecule has 0 bridgehead atoms. The first-order valence-electron chi connectivity index (χ1n) is 11.5. The molecule has 4 rings (SSSR count). The molecule has 0 radical (unpaired) electrons. The quantitative estimate of drug-likeness (QED) is 0.700. The number of hydrogen-bond donors (Lipinski definition) is 1. The smallest absolute Gasteiger partial charge is 0.256 e. The standard InChI is InChI=1S/C25H31FN4O3/c1-16-12-17(2)24(27-18(16)3)28-8-10-29(11-9-28)25(33)22-7-6-19(13-23(22)26)30-20(14-31)4-5-21(30)15-32/h6-7,12-14,20-21,32H,4-5,8-11,15H2,1-3H3. The van der Waals surface area contributed by atoms with Gasteiger partial charge in [0.25, 0.3) is 5.91 Å². The number of amides is 1. The van der Waals surface area contributed by atoms with Crippen LogP contribution in [0.4, 0.5) is 15.9 Å². The Labute approximate surface area is 193 Å². The van der Waals surface area contributed by atoms with Crippen molar-refractivity contribution in [2.45, 2.75) is 45.7 Å². The van der Waals surface area contributed by atoms with Crippen LogP contribution in [-0.2, 0) is 4.79 Å². The van der Waals surface area contributed by atoms with Gasteiger partial charge in [-0.05, 0) is 62.9 Å². The molecule has 2 fully saturated rings. The summed E-state index contributed by atoms with van der Waals surface area (Å²) in [5.74, 6) is -0.00936. The minimum absolute atomic E-state index is 0.0232. The molecule has 8 heteroatoms. The Morgan fingerprint density at radius 2 is 1.85 bits per heavy atom. The lowest BCUT2D eigenvalue weighted by molar-refractivity contribution is -0.108. The maximum atomic E-state index is 15.0. The van der Waals surface area contributed by atoms with Crippen molar-refractivity contribution in [1.82, 2.24) is 9.88 Å². The van der Waals surface area contributed by atoms with E-state index in [4.69, 9.17) is 4.98 Å². The fourth-order valence-corrected chi connectivity index (χ4v) is 4.91. The van der Waals surface area contributed by atoms with Crippen LogP contribution >= 0.6 is 0 Å². The van der Waals surface area contributed by atoms with E-state index in [0.717, 1.165) is 28.9 Å². The summed E-state index contributed by atoms with van der Waals surface area (Å²) in [6, 6.07) is 5.97. The normalized spacial score (nSPS) is 20.9. The van der Waals surface area contributed by atoms with E-state index in [1.165, 1.54) is 12.1 Å². The molecule has 2 aliphatic rings. The van der Waals surface area contributed by atoms with Gasteiger partial charge in [-0.15, -0.1) is 0 Å². The highest BCUT2D eigenvalue weighted by atomic mass is 19.1. The molecule has 2 atom stereocenters. The third-order valence-electron chi connectivity index (χ3n) is 6.89. The number of carbonyl (C=O) groups is 2. The van der Waals surface area contributed by atoms with Gasteiger partial charge in [-0.25, -0.2) is 9.37 Å². The minimum atomic E-state index is -0.611. The van der Waals surface area contributed by atoms with Crippen LogP contribution in [0, 0.1) is 26.6 Å². The predicted octanol–water partition coefficient (Wildman–Crippen LogP) is 2.64. The summed E-state index contributed by atoms with van der Waals surface area (Å²) >= 11 is 0. The number of aliphatic hydroxyl groups excluding tert-OH is 1. The Kier molecular flexibility index (Phi) is 6.65. The van der Waals surface area contributed by atoms with Crippen molar-refractivity contribution >= 4 is 23.7 Å². The molecule has 3 heterocycles. The molecular weight excluding hydrogens is 423 g/mol. The van der Waals surface area contributed by atoms with Crippen LogP contribution in [-0.4, -0.2) is 72.1 Å². The zero-order chi connectivity index (χ0) is 23.7. The summed E-state index contributed by atoms with van der Waals surface area (Å²) in [5.41, 5.74) is 3.79. The Bertz CT molecular complexity index is 1050. The van der Waals surface area contributed by atoms with Gasteiger partial charge in [0.15, 0.2) is 0 Å². The average Bonchev–Trinajstić information content (AvgIpc) is 3.24. The van der Waals surface area contributed by atoms with Gasteiger partial charge in [-0.3, -0.25) is 4.79 Å². The highest BCUT2D eigenvalue weighted by Gasteiger charge is 2.34. The van der Waals surface area contributed by atoms with Crippen molar-refractivity contribution in [2.24, 2.45) is 0 Å². The number of pyridine rings is 1. The molecule has 0 spiro atoms. The minimum Gasteiger partial charge on any atom is -0.394 e. The van der Waals surface area contributed by atoms with Crippen molar-refractivity contribution < 1.29 is 19.1 Å². The molecule has 1 N–H and O–H groups in total. The van der Waals surface area contributed by atoms with Gasteiger partial charge in [0, 0.05) is 37.6 Å². The lowest BCUT2D eigenvalue weighted by Gasteiger charge is -2.36. The van der Waals surface area contributed by atoms with Gasteiger partial charge in [0.1, 0.15) is 17.9 Å². The molecule has 0 aliphatic carbocycles. The Hall–Kier alpha value is -3.00. The van der Waals surface area contributed by atoms with E-state index >= 15 is 4.39 Å². The number of anilines is 2. The molecule has 1 aromatic carbocycles. The lowest BCUT2D eigenvalue weighted by Crippen LogP contribution is -2.49. The molecule has 2 aromatic rings. The topological polar surface area (TPSA) is 77.0 Å². The first kappa shape index (κ1) is 23.2. The van der Waals surface area contributed by atoms with Crippen molar-refractivity contribution in [3.05, 3.63) is 52.5 Å². The van der Waals surface area contributed by atoms with Crippen molar-refractivity contribution in [1.29, 1.82) is 0 Å². The third kappa shape index (κ3) is 4.44. The number of piperazine rings is 1. The number of aliphatic hydroxyl groups is 1. The second kappa shape index (κ2) is 9.47. The van der Waals surface area contributed by atoms with E-state index in [-0.39, 0.29) is 24.1 Å². The zero-order valence-electron chi connectivity index (χ0n) is 19.4. The lowest BCUT2D eigenvalue weighted by atomic mass is 10.1. The highest BCUT2D eigenvalue weighted by Crippen LogP contribution is 2.31. The van der Waals surface area contributed by atoms with Gasteiger partial charge >= 0.3 is 0 Å². The van der Waals surface area contributed by atoms with E-state index in [2.05, 4.69) is 11.0 Å². The molecule has 0 saturated carbocycles. The number of aldehydes is 1. The Morgan fingerprint density at radius 1 is 1.12 bits per heavy atom. The first-order valence-corrected chi connectivity index (χ1v) is 11.5. The van der Waals surface area contributed by atoms with Crippen LogP contribution in [0.15, 0.2) is 24.3 Å². The van der Waals surface area contributed by atoms with Crippen LogP contribution < -0.4 is 9.80 Å². The Balaban J connectivity index is 1.46. The SMILES string of the molecule is Cc1cc(C)c(N2CCN(C(=O)c3ccc(N4C(C=O)CCC4CO)cc3F)CC2)nc1C. The van der Waals surface area contributed by atoms with Crippen LogP contribution in [0.1, 0.15) is 40.0 Å². The summed E-state index contributed by atoms with van der Waals surface area (Å²) in [6.07, 6.45) is 2.12. The number of rotatable bonds is 5. The van der Waals surface area contributed by atoms with E-state index in [1.807, 2.05) is 20.8 Å². The highest BCUT2D eigenvalue weighted by molar-refractivity contribution is 5.95. The third-order valence-corrected chi connectivity index (χ3v) is 6.89. The summed E-state index contributed by atoms with van der Waals surface area (Å²) < 4.78 is 15.0. The van der Waals surface area contributed by atoms with Crippen molar-refractivity contribution in [2.75, 3.05) is 42.6 Å². The monoisotopic (exact) mass is 454 g/mol. The second-order valence-electron chi connectivity index (χ2n) is 9.00. The number of carbonyl (C=O) groups excluding carboxylic acids is 2. The van der Waals surface area contributed by atoms with Gasteiger partial charge in [-0.1, -0.05) is 6.07 Å². The van der Waals surface area contributed by atoms with Crippen molar-refractivity contribution in [3.63, 3.8) is 0 Å². The zero-order valence-corrected chi connectivity index (χ0v) is 19.4. The number of hydrogen-bond acceptors (Lipinski definition) is 6. The second-order valence-corrected chi connectivity index (χ2v) is 9.00. The molecule has 2 saturated heterocycles. The fourth-order valence-electron chi connectivity index (χ4n) is 4.91. The van der Waals surface area contributed by atoms with E-state index < -0.39 is 11.9 Å². The molecule has 33 heavy (non-hydrogen) atoms. The fraction of sp³-hybridized carbons (Fsp3) is 0.480. The molecule has 1 aromatic heterocycles. The first-order chi connectivity index (χ1) is 15.8. The van der Waals surface area contributed by atoms with Gasteiger partial charge in [0.05, 0.1) is 24.3 Å². The summed E-state index contributed by atoms with van der Waals surface area (Å²) in [7, 11) is 0. The van der Waals surface area contributed by atoms with Gasteiger partial charge in [-0.2, -0.15) is 0 Å². The average molecular weight is 455 g/mol. The molecule has 2 aliphatic heterocycles. The van der Waals surface area contributed by atoms with Crippen molar-refractivity contribution in [3.8, 4) is 0 Å². The Morgan fingerprint density at radius 3 is 2.48 bits per heavy atom. The molecule has 2 unspecified atom stereocenters. The summed E-state index contributed by atoms with van der Waals surface area (Å²) in [6.45, 7) is 8.21. The number of nitrogens with zero attached hydrogens (tertiary/aromatic N) is 4. The summed E-state index contributed by atoms with van der Waals surface area (Å²) in [5, 5.41) is 9.62. The van der Waals surface area contributed by atoms with Gasteiger partial charge < -0.3 is 24.6 Å². The van der Waals surface area contributed by atoms with Crippen LogP contribution in [0.25, 0.3) is 0 Å².